The number of aliphatic hydroxyl groups is 1. The number of amides is 2. The number of hydroxylamine groups is 1. The molecule has 2 amide bonds. The van der Waals surface area contributed by atoms with Crippen LogP contribution in [0.1, 0.15) is 57.6 Å². The molecular weight excluding hydrogens is 422 g/mol. The maximum Gasteiger partial charge on any atom is 0.333 e. The molecule has 4 N–H and O–H groups in total. The number of rotatable bonds is 10. The maximum atomic E-state index is 13.0. The van der Waals surface area contributed by atoms with Gasteiger partial charge in [-0.15, -0.1) is 0 Å². The van der Waals surface area contributed by atoms with Crippen LogP contribution in [0.15, 0.2) is 24.3 Å². The zero-order chi connectivity index (χ0) is 23.8. The molecule has 0 bridgehead atoms. The number of carbonyl (C=O) groups excluding carboxylic acids is 3. The van der Waals surface area contributed by atoms with Crippen LogP contribution in [0.4, 0.5) is 5.69 Å². The van der Waals surface area contributed by atoms with E-state index < -0.39 is 40.8 Å². The first kappa shape index (κ1) is 25.2. The number of aliphatic hydroxyl groups excluding tert-OH is 1. The molecule has 0 aliphatic heterocycles. The summed E-state index contributed by atoms with van der Waals surface area (Å²) >= 11 is 0. The van der Waals surface area contributed by atoms with Crippen molar-refractivity contribution in [2.24, 2.45) is 11.8 Å². The van der Waals surface area contributed by atoms with Crippen molar-refractivity contribution in [2.45, 2.75) is 64.2 Å². The Morgan fingerprint density at radius 1 is 1.22 bits per heavy atom. The molecule has 1 aliphatic rings. The van der Waals surface area contributed by atoms with Gasteiger partial charge in [0, 0.05) is 12.1 Å². The lowest BCUT2D eigenvalue weighted by molar-refractivity contribution is -0.384. The van der Waals surface area contributed by atoms with Gasteiger partial charge >= 0.3 is 5.97 Å². The highest BCUT2D eigenvalue weighted by Crippen LogP contribution is 2.26. The van der Waals surface area contributed by atoms with Crippen LogP contribution in [0.25, 0.3) is 0 Å². The lowest BCUT2D eigenvalue weighted by Gasteiger charge is -2.26. The Bertz CT molecular complexity index is 838. The third-order valence-corrected chi connectivity index (χ3v) is 5.34. The molecule has 1 saturated carbocycles. The average molecular weight is 451 g/mol. The Morgan fingerprint density at radius 2 is 1.88 bits per heavy atom. The van der Waals surface area contributed by atoms with Crippen LogP contribution < -0.4 is 10.8 Å². The Hall–Kier alpha value is -3.05. The zero-order valence-electron chi connectivity index (χ0n) is 18.0. The summed E-state index contributed by atoms with van der Waals surface area (Å²) in [5.41, 5.74) is 1.18. The van der Waals surface area contributed by atoms with E-state index in [2.05, 4.69) is 5.32 Å². The van der Waals surface area contributed by atoms with Gasteiger partial charge in [0.1, 0.15) is 12.2 Å². The van der Waals surface area contributed by atoms with E-state index >= 15 is 0 Å². The summed E-state index contributed by atoms with van der Waals surface area (Å²) in [7, 11) is 0. The third kappa shape index (κ3) is 6.72. The molecule has 1 fully saturated rings. The van der Waals surface area contributed by atoms with Gasteiger partial charge in [0.2, 0.25) is 5.91 Å². The predicted molar refractivity (Wildman–Crippen MR) is 111 cm³/mol. The Balaban J connectivity index is 2.33. The van der Waals surface area contributed by atoms with E-state index in [-0.39, 0.29) is 29.7 Å². The van der Waals surface area contributed by atoms with Gasteiger partial charge in [-0.1, -0.05) is 26.0 Å². The number of hydrogen-bond acceptors (Lipinski definition) is 8. The number of hydrogen-bond donors (Lipinski definition) is 4. The lowest BCUT2D eigenvalue weighted by Crippen LogP contribution is -2.47. The summed E-state index contributed by atoms with van der Waals surface area (Å²) in [6.07, 6.45) is 1.10. The fourth-order valence-electron chi connectivity index (χ4n) is 3.72. The molecule has 0 radical (unpaired) electrons. The molecule has 3 atom stereocenters. The van der Waals surface area contributed by atoms with Crippen molar-refractivity contribution in [3.05, 3.63) is 39.9 Å². The van der Waals surface area contributed by atoms with E-state index in [1.807, 2.05) is 0 Å². The molecule has 0 aromatic heterocycles. The molecule has 32 heavy (non-hydrogen) atoms. The molecule has 0 saturated heterocycles. The van der Waals surface area contributed by atoms with Crippen LogP contribution in [-0.2, 0) is 19.1 Å². The van der Waals surface area contributed by atoms with Gasteiger partial charge in [-0.2, -0.15) is 0 Å². The minimum Gasteiger partial charge on any atom is -0.461 e. The minimum atomic E-state index is -1.86. The smallest absolute Gasteiger partial charge is 0.333 e. The molecule has 1 unspecified atom stereocenters. The van der Waals surface area contributed by atoms with Crippen molar-refractivity contribution >= 4 is 23.5 Å². The second kappa shape index (κ2) is 11.5. The summed E-state index contributed by atoms with van der Waals surface area (Å²) in [5, 5.41) is 32.7. The van der Waals surface area contributed by atoms with Crippen molar-refractivity contribution < 1.29 is 34.4 Å². The summed E-state index contributed by atoms with van der Waals surface area (Å²) in [5.74, 6) is -4.15. The fraction of sp³-hybridized carbons (Fsp3) is 0.571. The zero-order valence-corrected chi connectivity index (χ0v) is 18.0. The maximum absolute atomic E-state index is 13.0. The van der Waals surface area contributed by atoms with Crippen LogP contribution in [0.3, 0.4) is 0 Å². The SMILES string of the molecule is CC(C)C[C@@H](C(=O)NC(C(=O)OC1CCCC1)c1cccc([N+](=O)[O-])c1)[C@H](O)C(=O)NO. The third-order valence-electron chi connectivity index (χ3n) is 5.34. The van der Waals surface area contributed by atoms with Crippen LogP contribution >= 0.6 is 0 Å². The van der Waals surface area contributed by atoms with E-state index in [1.54, 1.807) is 13.8 Å². The Morgan fingerprint density at radius 3 is 2.44 bits per heavy atom. The fourth-order valence-corrected chi connectivity index (χ4v) is 3.72. The van der Waals surface area contributed by atoms with Crippen molar-refractivity contribution in [3.63, 3.8) is 0 Å². The highest BCUT2D eigenvalue weighted by atomic mass is 16.6. The second-order valence-corrected chi connectivity index (χ2v) is 8.29. The first-order valence-corrected chi connectivity index (χ1v) is 10.5. The van der Waals surface area contributed by atoms with Crippen LogP contribution in [0, 0.1) is 22.0 Å². The molecule has 176 valence electrons. The summed E-state index contributed by atoms with van der Waals surface area (Å²) in [4.78, 5) is 48.2. The normalized spacial score (nSPS) is 16.8. The monoisotopic (exact) mass is 451 g/mol. The quantitative estimate of drug-likeness (QED) is 0.181. The first-order valence-electron chi connectivity index (χ1n) is 10.5. The molecule has 1 aliphatic carbocycles. The van der Waals surface area contributed by atoms with Crippen LogP contribution in [0.2, 0.25) is 0 Å². The standard InChI is InChI=1S/C21H29N3O8/c1-12(2)10-16(18(25)20(27)23-29)19(26)22-17(21(28)32-15-8-3-4-9-15)13-6-5-7-14(11-13)24(30)31/h5-7,11-12,15-18,25,29H,3-4,8-10H2,1-2H3,(H,22,26)(H,23,27)/t16-,17?,18+/m1/s1. The van der Waals surface area contributed by atoms with Crippen molar-refractivity contribution in [1.29, 1.82) is 0 Å². The van der Waals surface area contributed by atoms with E-state index in [9.17, 15) is 29.6 Å². The number of nitro groups is 1. The lowest BCUT2D eigenvalue weighted by atomic mass is 9.90. The van der Waals surface area contributed by atoms with Gasteiger partial charge in [-0.25, -0.2) is 10.3 Å². The number of non-ortho nitro benzene ring substituents is 1. The molecule has 2 rings (SSSR count). The summed E-state index contributed by atoms with van der Waals surface area (Å²) in [6, 6.07) is 3.87. The number of nitro benzene ring substituents is 1. The highest BCUT2D eigenvalue weighted by Gasteiger charge is 2.36. The number of nitrogens with one attached hydrogen (secondary N) is 2. The van der Waals surface area contributed by atoms with E-state index in [1.165, 1.54) is 23.7 Å². The van der Waals surface area contributed by atoms with Crippen molar-refractivity contribution in [2.75, 3.05) is 0 Å². The summed E-state index contributed by atoms with van der Waals surface area (Å²) in [6.45, 7) is 3.55. The number of benzene rings is 1. The van der Waals surface area contributed by atoms with Crippen molar-refractivity contribution in [1.82, 2.24) is 10.8 Å². The molecule has 1 aromatic carbocycles. The minimum absolute atomic E-state index is 0.0831. The highest BCUT2D eigenvalue weighted by molar-refractivity contribution is 5.91. The predicted octanol–water partition coefficient (Wildman–Crippen LogP) is 1.77. The van der Waals surface area contributed by atoms with Gasteiger partial charge in [-0.3, -0.25) is 24.9 Å². The van der Waals surface area contributed by atoms with E-state index in [0.29, 0.717) is 12.8 Å². The number of ether oxygens (including phenoxy) is 1. The second-order valence-electron chi connectivity index (χ2n) is 8.29. The average Bonchev–Trinajstić information content (AvgIpc) is 3.27. The number of esters is 1. The van der Waals surface area contributed by atoms with Gasteiger partial charge in [0.15, 0.2) is 6.04 Å². The molecule has 11 nitrogen and oxygen atoms in total. The largest absolute Gasteiger partial charge is 0.461 e. The van der Waals surface area contributed by atoms with E-state index in [0.717, 1.165) is 18.9 Å². The number of carbonyl (C=O) groups is 3. The molecule has 0 spiro atoms. The first-order chi connectivity index (χ1) is 15.1. The van der Waals surface area contributed by atoms with Crippen molar-refractivity contribution in [3.8, 4) is 0 Å². The van der Waals surface area contributed by atoms with Crippen LogP contribution in [0.5, 0.6) is 0 Å². The van der Waals surface area contributed by atoms with E-state index in [4.69, 9.17) is 9.94 Å². The van der Waals surface area contributed by atoms with Gasteiger partial charge in [-0.05, 0) is 43.6 Å². The number of nitrogens with zero attached hydrogens (tertiary/aromatic N) is 1. The Kier molecular flexibility index (Phi) is 9.09. The van der Waals surface area contributed by atoms with Gasteiger partial charge in [0.25, 0.3) is 11.6 Å². The van der Waals surface area contributed by atoms with Crippen LogP contribution in [-0.4, -0.2) is 45.2 Å². The summed E-state index contributed by atoms with van der Waals surface area (Å²) < 4.78 is 5.51. The molecule has 1 aromatic rings. The topological polar surface area (TPSA) is 168 Å². The molecule has 11 heteroatoms. The van der Waals surface area contributed by atoms with Gasteiger partial charge in [0.05, 0.1) is 10.8 Å². The molecule has 0 heterocycles. The Labute approximate surface area is 185 Å². The molecular formula is C21H29N3O8. The van der Waals surface area contributed by atoms with Gasteiger partial charge < -0.3 is 15.2 Å².